The second-order valence-corrected chi connectivity index (χ2v) is 5.10. The Morgan fingerprint density at radius 2 is 2.29 bits per heavy atom. The molecule has 72 valence electrons. The van der Waals surface area contributed by atoms with Crippen molar-refractivity contribution >= 4 is 23.1 Å². The Labute approximate surface area is 90.6 Å². The first kappa shape index (κ1) is 9.61. The SMILES string of the molecule is Cc1nnc(SCc2ccccn2)s1. The van der Waals surface area contributed by atoms with Crippen molar-refractivity contribution in [3.05, 3.63) is 35.1 Å². The molecular formula is C9H9N3S2. The minimum atomic E-state index is 0.857. The fourth-order valence-electron chi connectivity index (χ4n) is 0.956. The van der Waals surface area contributed by atoms with Gasteiger partial charge in [-0.15, -0.1) is 10.2 Å². The maximum absolute atomic E-state index is 4.24. The Balaban J connectivity index is 1.95. The van der Waals surface area contributed by atoms with Gasteiger partial charge in [0.05, 0.1) is 5.69 Å². The summed E-state index contributed by atoms with van der Waals surface area (Å²) in [5.74, 6) is 0.857. The van der Waals surface area contributed by atoms with E-state index in [-0.39, 0.29) is 0 Å². The van der Waals surface area contributed by atoms with E-state index in [0.29, 0.717) is 0 Å². The number of hydrogen-bond acceptors (Lipinski definition) is 5. The third-order valence-corrected chi connectivity index (χ3v) is 3.58. The number of aryl methyl sites for hydroxylation is 1. The van der Waals surface area contributed by atoms with Gasteiger partial charge in [-0.3, -0.25) is 4.98 Å². The van der Waals surface area contributed by atoms with Crippen molar-refractivity contribution in [2.45, 2.75) is 17.0 Å². The van der Waals surface area contributed by atoms with Crippen molar-refractivity contribution in [3.8, 4) is 0 Å². The number of hydrogen-bond donors (Lipinski definition) is 0. The summed E-state index contributed by atoms with van der Waals surface area (Å²) in [6, 6.07) is 5.93. The normalized spacial score (nSPS) is 10.4. The van der Waals surface area contributed by atoms with Crippen molar-refractivity contribution in [2.75, 3.05) is 0 Å². The molecule has 2 heterocycles. The number of aromatic nitrogens is 3. The highest BCUT2D eigenvalue weighted by molar-refractivity contribution is 8.00. The molecule has 0 fully saturated rings. The predicted molar refractivity (Wildman–Crippen MR) is 58.4 cm³/mol. The van der Waals surface area contributed by atoms with Crippen LogP contribution in [0.2, 0.25) is 0 Å². The summed E-state index contributed by atoms with van der Waals surface area (Å²) in [6.45, 7) is 1.96. The van der Waals surface area contributed by atoms with Crippen LogP contribution in [0.5, 0.6) is 0 Å². The largest absolute Gasteiger partial charge is 0.260 e. The van der Waals surface area contributed by atoms with E-state index < -0.39 is 0 Å². The Morgan fingerprint density at radius 1 is 1.36 bits per heavy atom. The van der Waals surface area contributed by atoms with Crippen LogP contribution < -0.4 is 0 Å². The average Bonchev–Trinajstić information content (AvgIpc) is 2.63. The summed E-state index contributed by atoms with van der Waals surface area (Å²) in [7, 11) is 0. The maximum Gasteiger partial charge on any atom is 0.174 e. The third-order valence-electron chi connectivity index (χ3n) is 1.58. The minimum Gasteiger partial charge on any atom is -0.260 e. The van der Waals surface area contributed by atoms with Gasteiger partial charge < -0.3 is 0 Å². The highest BCUT2D eigenvalue weighted by Gasteiger charge is 2.01. The van der Waals surface area contributed by atoms with Crippen LogP contribution >= 0.6 is 23.1 Å². The molecule has 0 aliphatic carbocycles. The minimum absolute atomic E-state index is 0.857. The van der Waals surface area contributed by atoms with Crippen LogP contribution in [0.15, 0.2) is 28.7 Å². The molecule has 0 atom stereocenters. The van der Waals surface area contributed by atoms with E-state index in [1.165, 1.54) is 0 Å². The van der Waals surface area contributed by atoms with Crippen molar-refractivity contribution < 1.29 is 0 Å². The van der Waals surface area contributed by atoms with Gasteiger partial charge in [0.2, 0.25) is 0 Å². The molecule has 0 aliphatic heterocycles. The molecule has 0 N–H and O–H groups in total. The molecule has 5 heteroatoms. The summed E-state index contributed by atoms with van der Waals surface area (Å²) in [4.78, 5) is 4.24. The molecule has 0 bridgehead atoms. The number of pyridine rings is 1. The van der Waals surface area contributed by atoms with E-state index >= 15 is 0 Å². The smallest absolute Gasteiger partial charge is 0.174 e. The quantitative estimate of drug-likeness (QED) is 0.749. The van der Waals surface area contributed by atoms with Gasteiger partial charge in [0, 0.05) is 11.9 Å². The van der Waals surface area contributed by atoms with Crippen LogP contribution in [0.3, 0.4) is 0 Å². The first-order chi connectivity index (χ1) is 6.84. The van der Waals surface area contributed by atoms with Crippen LogP contribution in [-0.2, 0) is 5.75 Å². The van der Waals surface area contributed by atoms with Gasteiger partial charge in [-0.25, -0.2) is 0 Å². The second kappa shape index (κ2) is 4.52. The Morgan fingerprint density at radius 3 is 2.93 bits per heavy atom. The molecular weight excluding hydrogens is 214 g/mol. The van der Waals surface area contributed by atoms with Crippen LogP contribution in [-0.4, -0.2) is 15.2 Å². The van der Waals surface area contributed by atoms with Gasteiger partial charge >= 0.3 is 0 Å². The summed E-state index contributed by atoms with van der Waals surface area (Å²) in [6.07, 6.45) is 1.81. The number of thioether (sulfide) groups is 1. The zero-order chi connectivity index (χ0) is 9.80. The highest BCUT2D eigenvalue weighted by atomic mass is 32.2. The molecule has 0 saturated carbocycles. The molecule has 0 unspecified atom stereocenters. The zero-order valence-corrected chi connectivity index (χ0v) is 9.31. The monoisotopic (exact) mass is 223 g/mol. The van der Waals surface area contributed by atoms with Gasteiger partial charge in [-0.2, -0.15) is 0 Å². The number of rotatable bonds is 3. The second-order valence-electron chi connectivity index (χ2n) is 2.70. The van der Waals surface area contributed by atoms with Gasteiger partial charge in [0.15, 0.2) is 4.34 Å². The van der Waals surface area contributed by atoms with E-state index in [4.69, 9.17) is 0 Å². The first-order valence-electron chi connectivity index (χ1n) is 4.17. The van der Waals surface area contributed by atoms with E-state index in [0.717, 1.165) is 20.8 Å². The topological polar surface area (TPSA) is 38.7 Å². The molecule has 0 saturated heterocycles. The molecule has 2 aromatic heterocycles. The van der Waals surface area contributed by atoms with Crippen LogP contribution in [0.4, 0.5) is 0 Å². The molecule has 14 heavy (non-hydrogen) atoms. The van der Waals surface area contributed by atoms with Gasteiger partial charge in [0.1, 0.15) is 5.01 Å². The third kappa shape index (κ3) is 2.52. The predicted octanol–water partition coefficient (Wildman–Crippen LogP) is 2.53. The molecule has 2 rings (SSSR count). The molecule has 2 aromatic rings. The maximum atomic E-state index is 4.24. The fourth-order valence-corrected chi connectivity index (χ4v) is 2.69. The van der Waals surface area contributed by atoms with E-state index in [1.807, 2.05) is 25.1 Å². The lowest BCUT2D eigenvalue weighted by molar-refractivity contribution is 0.983. The lowest BCUT2D eigenvalue weighted by Gasteiger charge is -1.95. The lowest BCUT2D eigenvalue weighted by Crippen LogP contribution is -1.83. The lowest BCUT2D eigenvalue weighted by atomic mass is 10.4. The van der Waals surface area contributed by atoms with Crippen molar-refractivity contribution in [2.24, 2.45) is 0 Å². The van der Waals surface area contributed by atoms with Crippen molar-refractivity contribution in [1.29, 1.82) is 0 Å². The molecule has 0 spiro atoms. The van der Waals surface area contributed by atoms with Crippen LogP contribution in [0, 0.1) is 6.92 Å². The summed E-state index contributed by atoms with van der Waals surface area (Å²) < 4.78 is 1.01. The van der Waals surface area contributed by atoms with Crippen molar-refractivity contribution in [1.82, 2.24) is 15.2 Å². The standard InChI is InChI=1S/C9H9N3S2/c1-7-11-12-9(14-7)13-6-8-4-2-3-5-10-8/h2-5H,6H2,1H3. The summed E-state index contributed by atoms with van der Waals surface area (Å²) in [5, 5.41) is 9.00. The first-order valence-corrected chi connectivity index (χ1v) is 5.97. The summed E-state index contributed by atoms with van der Waals surface area (Å²) in [5.41, 5.74) is 1.07. The molecule has 0 radical (unpaired) electrons. The fraction of sp³-hybridized carbons (Fsp3) is 0.222. The number of nitrogens with zero attached hydrogens (tertiary/aromatic N) is 3. The van der Waals surface area contributed by atoms with Crippen LogP contribution in [0.25, 0.3) is 0 Å². The Bertz CT molecular complexity index is 399. The van der Waals surface area contributed by atoms with Crippen LogP contribution in [0.1, 0.15) is 10.7 Å². The molecule has 0 aliphatic rings. The van der Waals surface area contributed by atoms with E-state index in [1.54, 1.807) is 29.3 Å². The van der Waals surface area contributed by atoms with Gasteiger partial charge in [-0.1, -0.05) is 29.2 Å². The highest BCUT2D eigenvalue weighted by Crippen LogP contribution is 2.24. The molecule has 0 amide bonds. The van der Waals surface area contributed by atoms with Gasteiger partial charge in [-0.05, 0) is 19.1 Å². The van der Waals surface area contributed by atoms with E-state index in [2.05, 4.69) is 15.2 Å². The van der Waals surface area contributed by atoms with Gasteiger partial charge in [0.25, 0.3) is 0 Å². The average molecular weight is 223 g/mol. The Hall–Kier alpha value is -0.940. The van der Waals surface area contributed by atoms with E-state index in [9.17, 15) is 0 Å². The zero-order valence-electron chi connectivity index (χ0n) is 7.67. The summed E-state index contributed by atoms with van der Waals surface area (Å²) >= 11 is 3.30. The molecule has 3 nitrogen and oxygen atoms in total. The van der Waals surface area contributed by atoms with Crippen molar-refractivity contribution in [3.63, 3.8) is 0 Å². The Kier molecular flexibility index (Phi) is 3.10. The molecule has 0 aromatic carbocycles.